The van der Waals surface area contributed by atoms with Crippen molar-refractivity contribution in [1.82, 2.24) is 15.1 Å². The van der Waals surface area contributed by atoms with Crippen LogP contribution in [-0.4, -0.2) is 61.0 Å². The average Bonchev–Trinajstić information content (AvgIpc) is 2.66. The van der Waals surface area contributed by atoms with Crippen molar-refractivity contribution in [1.29, 1.82) is 0 Å². The molecule has 2 aliphatic rings. The Kier molecular flexibility index (Phi) is 7.27. The zero-order valence-corrected chi connectivity index (χ0v) is 16.1. The summed E-state index contributed by atoms with van der Waals surface area (Å²) in [5, 5.41) is 3.27. The molecular weight excluding hydrogens is 322 g/mol. The Bertz CT molecular complexity index is 578. The summed E-state index contributed by atoms with van der Waals surface area (Å²) in [6.45, 7) is 7.83. The molecule has 26 heavy (non-hydrogen) atoms. The summed E-state index contributed by atoms with van der Waals surface area (Å²) in [6, 6.07) is 10.8. The number of amides is 1. The Morgan fingerprint density at radius 2 is 1.77 bits per heavy atom. The lowest BCUT2D eigenvalue weighted by molar-refractivity contribution is -0.123. The number of carbonyl (C=O) groups excluding carboxylic acids is 1. The van der Waals surface area contributed by atoms with Crippen LogP contribution in [0.5, 0.6) is 0 Å². The van der Waals surface area contributed by atoms with Gasteiger partial charge in [0.15, 0.2) is 0 Å². The maximum Gasteiger partial charge on any atom is 0.234 e. The first-order chi connectivity index (χ1) is 12.7. The van der Waals surface area contributed by atoms with Gasteiger partial charge in [-0.05, 0) is 24.3 Å². The van der Waals surface area contributed by atoms with Crippen molar-refractivity contribution >= 4 is 12.0 Å². The van der Waals surface area contributed by atoms with E-state index in [4.69, 9.17) is 0 Å². The molecule has 2 atom stereocenters. The normalized spacial score (nSPS) is 25.4. The molecule has 4 nitrogen and oxygen atoms in total. The Balaban J connectivity index is 1.34. The molecule has 1 N–H and O–H groups in total. The zero-order valence-electron chi connectivity index (χ0n) is 16.1. The Morgan fingerprint density at radius 3 is 2.50 bits per heavy atom. The molecule has 0 spiro atoms. The maximum absolute atomic E-state index is 12.4. The van der Waals surface area contributed by atoms with Gasteiger partial charge in [-0.25, -0.2) is 0 Å². The first kappa shape index (κ1) is 19.1. The third kappa shape index (κ3) is 5.96. The van der Waals surface area contributed by atoms with E-state index in [9.17, 15) is 4.79 Å². The SMILES string of the molecule is C[C@H]1CCCC[C@@H]1NC(=O)CN1CCN(C/C=C/c2ccccc2)CC1. The van der Waals surface area contributed by atoms with Gasteiger partial charge >= 0.3 is 0 Å². The average molecular weight is 356 g/mol. The molecule has 1 aromatic carbocycles. The van der Waals surface area contributed by atoms with Gasteiger partial charge in [0.2, 0.25) is 5.91 Å². The molecule has 2 fully saturated rings. The molecule has 142 valence electrons. The summed E-state index contributed by atoms with van der Waals surface area (Å²) < 4.78 is 0. The fraction of sp³-hybridized carbons (Fsp3) is 0.591. The smallest absolute Gasteiger partial charge is 0.234 e. The van der Waals surface area contributed by atoms with Crippen LogP contribution in [0.3, 0.4) is 0 Å². The number of carbonyl (C=O) groups is 1. The van der Waals surface area contributed by atoms with Crippen LogP contribution in [0.25, 0.3) is 6.08 Å². The topological polar surface area (TPSA) is 35.6 Å². The van der Waals surface area contributed by atoms with Crippen molar-refractivity contribution in [2.24, 2.45) is 5.92 Å². The number of hydrogen-bond donors (Lipinski definition) is 1. The largest absolute Gasteiger partial charge is 0.352 e. The molecule has 0 unspecified atom stereocenters. The van der Waals surface area contributed by atoms with Crippen LogP contribution in [0.1, 0.15) is 38.2 Å². The summed E-state index contributed by atoms with van der Waals surface area (Å²) in [5.41, 5.74) is 1.25. The van der Waals surface area contributed by atoms with Gasteiger partial charge in [-0.3, -0.25) is 14.6 Å². The molecule has 1 aliphatic heterocycles. The van der Waals surface area contributed by atoms with E-state index >= 15 is 0 Å². The van der Waals surface area contributed by atoms with E-state index in [1.54, 1.807) is 0 Å². The monoisotopic (exact) mass is 355 g/mol. The van der Waals surface area contributed by atoms with Gasteiger partial charge < -0.3 is 5.32 Å². The number of rotatable bonds is 6. The number of nitrogens with zero attached hydrogens (tertiary/aromatic N) is 2. The zero-order chi connectivity index (χ0) is 18.2. The van der Waals surface area contributed by atoms with Crippen molar-refractivity contribution in [2.75, 3.05) is 39.3 Å². The van der Waals surface area contributed by atoms with Gasteiger partial charge in [-0.1, -0.05) is 62.2 Å². The highest BCUT2D eigenvalue weighted by Gasteiger charge is 2.24. The van der Waals surface area contributed by atoms with Crippen molar-refractivity contribution in [2.45, 2.75) is 38.6 Å². The van der Waals surface area contributed by atoms with Crippen LogP contribution >= 0.6 is 0 Å². The summed E-state index contributed by atoms with van der Waals surface area (Å²) in [6.07, 6.45) is 9.39. The van der Waals surface area contributed by atoms with Gasteiger partial charge in [0.1, 0.15) is 0 Å². The molecule has 1 saturated carbocycles. The molecule has 1 amide bonds. The van der Waals surface area contributed by atoms with Crippen LogP contribution in [0.2, 0.25) is 0 Å². The minimum Gasteiger partial charge on any atom is -0.352 e. The summed E-state index contributed by atoms with van der Waals surface area (Å²) in [7, 11) is 0. The quantitative estimate of drug-likeness (QED) is 0.852. The maximum atomic E-state index is 12.4. The van der Waals surface area contributed by atoms with E-state index in [1.165, 1.54) is 24.8 Å². The van der Waals surface area contributed by atoms with Gasteiger partial charge in [0.05, 0.1) is 6.54 Å². The lowest BCUT2D eigenvalue weighted by Crippen LogP contribution is -2.51. The predicted octanol–water partition coefficient (Wildman–Crippen LogP) is 3.01. The van der Waals surface area contributed by atoms with Crippen LogP contribution in [0.4, 0.5) is 0 Å². The van der Waals surface area contributed by atoms with Gasteiger partial charge in [-0.15, -0.1) is 0 Å². The highest BCUT2D eigenvalue weighted by molar-refractivity contribution is 5.78. The van der Waals surface area contributed by atoms with Crippen LogP contribution in [0.15, 0.2) is 36.4 Å². The minimum absolute atomic E-state index is 0.209. The molecule has 3 rings (SSSR count). The number of nitrogens with one attached hydrogen (secondary N) is 1. The molecule has 0 radical (unpaired) electrons. The molecule has 0 bridgehead atoms. The number of benzene rings is 1. The second kappa shape index (κ2) is 9.89. The Hall–Kier alpha value is -1.65. The predicted molar refractivity (Wildman–Crippen MR) is 108 cm³/mol. The van der Waals surface area contributed by atoms with Gasteiger partial charge in [0, 0.05) is 38.8 Å². The van der Waals surface area contributed by atoms with E-state index in [1.807, 2.05) is 6.07 Å². The molecule has 1 heterocycles. The third-order valence-corrected chi connectivity index (χ3v) is 5.76. The van der Waals surface area contributed by atoms with Gasteiger partial charge in [0.25, 0.3) is 0 Å². The summed E-state index contributed by atoms with van der Waals surface area (Å²) in [5.74, 6) is 0.835. The Morgan fingerprint density at radius 1 is 1.08 bits per heavy atom. The molecule has 4 heteroatoms. The van der Waals surface area contributed by atoms with E-state index < -0.39 is 0 Å². The van der Waals surface area contributed by atoms with Crippen molar-refractivity contribution < 1.29 is 4.79 Å². The van der Waals surface area contributed by atoms with E-state index in [0.29, 0.717) is 18.5 Å². The van der Waals surface area contributed by atoms with E-state index in [0.717, 1.165) is 39.1 Å². The van der Waals surface area contributed by atoms with Crippen molar-refractivity contribution in [3.05, 3.63) is 42.0 Å². The second-order valence-corrected chi connectivity index (χ2v) is 7.83. The van der Waals surface area contributed by atoms with Gasteiger partial charge in [-0.2, -0.15) is 0 Å². The van der Waals surface area contributed by atoms with Crippen LogP contribution < -0.4 is 5.32 Å². The number of hydrogen-bond acceptors (Lipinski definition) is 3. The first-order valence-corrected chi connectivity index (χ1v) is 10.2. The molecular formula is C22H33N3O. The van der Waals surface area contributed by atoms with E-state index in [-0.39, 0.29) is 5.91 Å². The van der Waals surface area contributed by atoms with Crippen molar-refractivity contribution in [3.8, 4) is 0 Å². The molecule has 1 aromatic rings. The lowest BCUT2D eigenvalue weighted by Gasteiger charge is -2.35. The highest BCUT2D eigenvalue weighted by Crippen LogP contribution is 2.23. The molecule has 1 saturated heterocycles. The molecule has 0 aromatic heterocycles. The van der Waals surface area contributed by atoms with Crippen LogP contribution in [0, 0.1) is 5.92 Å². The standard InChI is InChI=1S/C22H33N3O/c1-19-8-5-6-12-21(19)23-22(26)18-25-16-14-24(15-17-25)13-7-11-20-9-3-2-4-10-20/h2-4,7,9-11,19,21H,5-6,8,12-18H2,1H3,(H,23,26)/b11-7+/t19-,21-/m0/s1. The molecule has 1 aliphatic carbocycles. The minimum atomic E-state index is 0.209. The first-order valence-electron chi connectivity index (χ1n) is 10.2. The number of piperazine rings is 1. The van der Waals surface area contributed by atoms with E-state index in [2.05, 4.69) is 58.5 Å². The third-order valence-electron chi connectivity index (χ3n) is 5.76. The Labute approximate surface area is 158 Å². The fourth-order valence-electron chi connectivity index (χ4n) is 4.02. The summed E-state index contributed by atoms with van der Waals surface area (Å²) >= 11 is 0. The second-order valence-electron chi connectivity index (χ2n) is 7.83. The summed E-state index contributed by atoms with van der Waals surface area (Å²) in [4.78, 5) is 17.1. The lowest BCUT2D eigenvalue weighted by atomic mass is 9.86. The van der Waals surface area contributed by atoms with Crippen LogP contribution in [-0.2, 0) is 4.79 Å². The fourth-order valence-corrected chi connectivity index (χ4v) is 4.02. The highest BCUT2D eigenvalue weighted by atomic mass is 16.2. The van der Waals surface area contributed by atoms with Crippen molar-refractivity contribution in [3.63, 3.8) is 0 Å².